The van der Waals surface area contributed by atoms with Crippen LogP contribution in [0.2, 0.25) is 0 Å². The maximum absolute atomic E-state index is 11.9. The number of piperidine rings is 1. The highest BCUT2D eigenvalue weighted by molar-refractivity contribution is 6.09. The van der Waals surface area contributed by atoms with Gasteiger partial charge in [-0.3, -0.25) is 10.2 Å². The Kier molecular flexibility index (Phi) is 5.22. The first-order valence-electron chi connectivity index (χ1n) is 8.81. The maximum Gasteiger partial charge on any atom is 0.309 e. The van der Waals surface area contributed by atoms with E-state index in [1.165, 1.54) is 11.3 Å². The third kappa shape index (κ3) is 3.92. The number of benzene rings is 1. The lowest BCUT2D eigenvalue weighted by Crippen LogP contribution is -2.37. The van der Waals surface area contributed by atoms with Crippen molar-refractivity contribution < 1.29 is 9.53 Å². The third-order valence-corrected chi connectivity index (χ3v) is 4.71. The van der Waals surface area contributed by atoms with Crippen molar-refractivity contribution in [1.82, 2.24) is 5.43 Å². The second kappa shape index (κ2) is 7.55. The van der Waals surface area contributed by atoms with Crippen LogP contribution in [0.4, 0.5) is 5.69 Å². The molecule has 0 radical (unpaired) electrons. The first-order valence-corrected chi connectivity index (χ1v) is 8.81. The zero-order chi connectivity index (χ0) is 17.8. The molecule has 2 aliphatic heterocycles. The molecule has 0 amide bonds. The molecule has 1 fully saturated rings. The average Bonchev–Trinajstić information content (AvgIpc) is 2.63. The first kappa shape index (κ1) is 17.3. The number of nitrogens with one attached hydrogen (secondary N) is 1. The van der Waals surface area contributed by atoms with Crippen molar-refractivity contribution in [1.29, 1.82) is 0 Å². The van der Waals surface area contributed by atoms with Crippen molar-refractivity contribution >= 4 is 17.4 Å². The molecule has 0 spiro atoms. The summed E-state index contributed by atoms with van der Waals surface area (Å²) in [6.07, 6.45) is 5.59. The number of ether oxygens (including phenoxy) is 1. The Morgan fingerprint density at radius 2 is 2.12 bits per heavy atom. The van der Waals surface area contributed by atoms with E-state index in [-0.39, 0.29) is 11.9 Å². The molecule has 1 saturated heterocycles. The topological polar surface area (TPSA) is 53.9 Å². The van der Waals surface area contributed by atoms with Crippen molar-refractivity contribution in [2.45, 2.75) is 26.7 Å². The molecule has 1 aromatic rings. The molecular formula is C20H25N3O2. The molecule has 0 unspecified atom stereocenters. The van der Waals surface area contributed by atoms with Crippen molar-refractivity contribution in [3.63, 3.8) is 0 Å². The summed E-state index contributed by atoms with van der Waals surface area (Å²) in [5.74, 6) is -0.0120. The predicted molar refractivity (Wildman–Crippen MR) is 101 cm³/mol. The van der Waals surface area contributed by atoms with Crippen molar-refractivity contribution in [3.8, 4) is 0 Å². The Balaban J connectivity index is 1.67. The van der Waals surface area contributed by atoms with E-state index in [9.17, 15) is 4.79 Å². The van der Waals surface area contributed by atoms with Crippen LogP contribution in [0.1, 0.15) is 30.9 Å². The van der Waals surface area contributed by atoms with Gasteiger partial charge in [-0.25, -0.2) is 0 Å². The number of nitrogens with zero attached hydrogens (tertiary/aromatic N) is 2. The van der Waals surface area contributed by atoms with Crippen molar-refractivity contribution in [2.24, 2.45) is 11.0 Å². The molecule has 0 saturated carbocycles. The zero-order valence-electron chi connectivity index (χ0n) is 14.9. The summed E-state index contributed by atoms with van der Waals surface area (Å²) < 4.78 is 5.15. The molecule has 0 aromatic heterocycles. The molecule has 0 bridgehead atoms. The number of allylic oxidation sites excluding steroid dienone is 2. The predicted octanol–water partition coefficient (Wildman–Crippen LogP) is 3.15. The van der Waals surface area contributed by atoms with Gasteiger partial charge in [-0.15, -0.1) is 0 Å². The molecule has 1 N–H and O–H groups in total. The van der Waals surface area contributed by atoms with Crippen molar-refractivity contribution in [2.75, 3.05) is 24.6 Å². The van der Waals surface area contributed by atoms with Crippen LogP contribution >= 0.6 is 0 Å². The zero-order valence-corrected chi connectivity index (χ0v) is 14.9. The summed E-state index contributed by atoms with van der Waals surface area (Å²) in [5, 5.41) is 4.33. The lowest BCUT2D eigenvalue weighted by Gasteiger charge is -2.33. The highest BCUT2D eigenvalue weighted by Crippen LogP contribution is 2.28. The van der Waals surface area contributed by atoms with Crippen LogP contribution in [-0.2, 0) is 9.53 Å². The van der Waals surface area contributed by atoms with Gasteiger partial charge in [-0.05, 0) is 56.5 Å². The number of hydrogen-bond acceptors (Lipinski definition) is 5. The third-order valence-electron chi connectivity index (χ3n) is 4.71. The number of carbonyl (C=O) groups excluding carboxylic acids is 1. The minimum atomic E-state index is -0.0506. The number of anilines is 1. The van der Waals surface area contributed by atoms with Crippen LogP contribution in [0.5, 0.6) is 0 Å². The van der Waals surface area contributed by atoms with Gasteiger partial charge in [-0.2, -0.15) is 5.10 Å². The van der Waals surface area contributed by atoms with E-state index in [0.717, 1.165) is 42.9 Å². The van der Waals surface area contributed by atoms with Gasteiger partial charge in [0.2, 0.25) is 0 Å². The lowest BCUT2D eigenvalue weighted by atomic mass is 9.95. The standard InChI is InChI=1S/C20H25N3O2/c1-4-25-20(24)16-9-11-23(12-10-16)19-8-6-17(13-14(19)2)18-7-5-15(3)21-22-18/h5-8,13,16,21H,3-4,9-12H2,1-2H3. The van der Waals surface area contributed by atoms with Crippen LogP contribution in [0.15, 0.2) is 47.7 Å². The van der Waals surface area contributed by atoms with E-state index >= 15 is 0 Å². The summed E-state index contributed by atoms with van der Waals surface area (Å²) in [4.78, 5) is 14.2. The Bertz CT molecular complexity index is 728. The Labute approximate surface area is 149 Å². The summed E-state index contributed by atoms with van der Waals surface area (Å²) >= 11 is 0. The van der Waals surface area contributed by atoms with Crippen LogP contribution in [0.25, 0.3) is 0 Å². The van der Waals surface area contributed by atoms with Gasteiger partial charge in [0.1, 0.15) is 0 Å². The van der Waals surface area contributed by atoms with Gasteiger partial charge in [0.25, 0.3) is 0 Å². The van der Waals surface area contributed by atoms with Crippen LogP contribution in [0.3, 0.4) is 0 Å². The van der Waals surface area contributed by atoms with E-state index in [1.54, 1.807) is 0 Å². The number of esters is 1. The largest absolute Gasteiger partial charge is 0.466 e. The molecule has 0 atom stereocenters. The Morgan fingerprint density at radius 3 is 2.72 bits per heavy atom. The quantitative estimate of drug-likeness (QED) is 0.856. The van der Waals surface area contributed by atoms with Crippen molar-refractivity contribution in [3.05, 3.63) is 53.8 Å². The maximum atomic E-state index is 11.9. The van der Waals surface area contributed by atoms with Crippen LogP contribution in [-0.4, -0.2) is 31.4 Å². The smallest absolute Gasteiger partial charge is 0.309 e. The summed E-state index contributed by atoms with van der Waals surface area (Å²) in [7, 11) is 0. The molecule has 1 aromatic carbocycles. The van der Waals surface area contributed by atoms with E-state index in [0.29, 0.717) is 6.61 Å². The fourth-order valence-corrected chi connectivity index (χ4v) is 3.33. The molecule has 2 heterocycles. The van der Waals surface area contributed by atoms with Gasteiger partial charge in [-0.1, -0.05) is 12.6 Å². The Hall–Kier alpha value is -2.56. The van der Waals surface area contributed by atoms with Crippen LogP contribution in [0, 0.1) is 12.8 Å². The lowest BCUT2D eigenvalue weighted by molar-refractivity contribution is -0.148. The number of carbonyl (C=O) groups is 1. The first-order chi connectivity index (χ1) is 12.1. The molecule has 132 valence electrons. The number of rotatable bonds is 4. The van der Waals surface area contributed by atoms with E-state index in [2.05, 4.69) is 47.1 Å². The monoisotopic (exact) mass is 339 g/mol. The average molecular weight is 339 g/mol. The molecule has 5 heteroatoms. The molecule has 0 aliphatic carbocycles. The number of aryl methyl sites for hydroxylation is 1. The minimum absolute atomic E-state index is 0.0386. The second-order valence-electron chi connectivity index (χ2n) is 6.48. The summed E-state index contributed by atoms with van der Waals surface area (Å²) in [5.41, 5.74) is 8.13. The molecule has 5 nitrogen and oxygen atoms in total. The van der Waals surface area contributed by atoms with E-state index in [1.807, 2.05) is 19.1 Å². The second-order valence-corrected chi connectivity index (χ2v) is 6.48. The van der Waals surface area contributed by atoms with E-state index < -0.39 is 0 Å². The van der Waals surface area contributed by atoms with Gasteiger partial charge in [0.05, 0.1) is 18.2 Å². The highest BCUT2D eigenvalue weighted by Gasteiger charge is 2.26. The fourth-order valence-electron chi connectivity index (χ4n) is 3.33. The summed E-state index contributed by atoms with van der Waals surface area (Å²) in [6, 6.07) is 6.40. The number of hydrogen-bond donors (Lipinski definition) is 1. The summed E-state index contributed by atoms with van der Waals surface area (Å²) in [6.45, 7) is 10.0. The van der Waals surface area contributed by atoms with Gasteiger partial charge >= 0.3 is 5.97 Å². The molecule has 3 rings (SSSR count). The van der Waals surface area contributed by atoms with Gasteiger partial charge < -0.3 is 9.64 Å². The van der Waals surface area contributed by atoms with Gasteiger partial charge in [0, 0.05) is 30.0 Å². The molecule has 2 aliphatic rings. The SMILES string of the molecule is C=C1C=CC(c2ccc(N3CCC(C(=O)OCC)CC3)c(C)c2)=NN1. The molecular weight excluding hydrogens is 314 g/mol. The Morgan fingerprint density at radius 1 is 1.36 bits per heavy atom. The fraction of sp³-hybridized carbons (Fsp3) is 0.400. The normalized spacial score (nSPS) is 17.9. The van der Waals surface area contributed by atoms with Gasteiger partial charge in [0.15, 0.2) is 0 Å². The van der Waals surface area contributed by atoms with E-state index in [4.69, 9.17) is 4.74 Å². The minimum Gasteiger partial charge on any atom is -0.466 e. The van der Waals surface area contributed by atoms with Crippen LogP contribution < -0.4 is 10.3 Å². The highest BCUT2D eigenvalue weighted by atomic mass is 16.5. The molecule has 25 heavy (non-hydrogen) atoms. The number of hydrazone groups is 1.